The van der Waals surface area contributed by atoms with Gasteiger partial charge in [0, 0.05) is 39.4 Å². The fraction of sp³-hybridized carbons (Fsp3) is 0.273. The highest BCUT2D eigenvalue weighted by Gasteiger charge is 2.69. The van der Waals surface area contributed by atoms with Crippen molar-refractivity contribution in [2.75, 3.05) is 16.8 Å². The maximum absolute atomic E-state index is 14.0. The largest absolute Gasteiger partial charge is 0.483 e. The van der Waals surface area contributed by atoms with Crippen molar-refractivity contribution in [3.8, 4) is 5.75 Å². The number of amides is 3. The predicted molar refractivity (Wildman–Crippen MR) is 171 cm³/mol. The van der Waals surface area contributed by atoms with Gasteiger partial charge in [0.2, 0.25) is 11.8 Å². The lowest BCUT2D eigenvalue weighted by molar-refractivity contribution is -0.384. The van der Waals surface area contributed by atoms with E-state index in [0.29, 0.717) is 23.5 Å². The normalized spacial score (nSPS) is 27.2. The van der Waals surface area contributed by atoms with Crippen LogP contribution in [0.5, 0.6) is 5.75 Å². The fourth-order valence-corrected chi connectivity index (χ4v) is 11.0. The number of benzene rings is 3. The topological polar surface area (TPSA) is 152 Å². The number of non-ortho nitro benzene ring substituents is 1. The molecule has 3 aromatic carbocycles. The van der Waals surface area contributed by atoms with Crippen LogP contribution in [0.3, 0.4) is 0 Å². The van der Waals surface area contributed by atoms with Crippen molar-refractivity contribution in [3.63, 3.8) is 0 Å². The van der Waals surface area contributed by atoms with Gasteiger partial charge in [-0.25, -0.2) is 0 Å². The first-order valence-electron chi connectivity index (χ1n) is 14.9. The number of H-pyrrole nitrogens is 1. The molecular weight excluding hydrogens is 629 g/mol. The number of para-hydroxylation sites is 2. The number of hydrogen-bond donors (Lipinski definition) is 2. The molecule has 13 heteroatoms. The van der Waals surface area contributed by atoms with Gasteiger partial charge in [0.15, 0.2) is 6.61 Å². The number of aromatic amines is 1. The second kappa shape index (κ2) is 11.0. The van der Waals surface area contributed by atoms with Crippen LogP contribution in [0.1, 0.15) is 22.8 Å². The van der Waals surface area contributed by atoms with E-state index in [4.69, 9.17) is 4.74 Å². The summed E-state index contributed by atoms with van der Waals surface area (Å²) in [6.45, 7) is -0.217. The average Bonchev–Trinajstić information content (AvgIpc) is 3.79. The van der Waals surface area contributed by atoms with Gasteiger partial charge in [0.1, 0.15) is 5.75 Å². The highest BCUT2D eigenvalue weighted by molar-refractivity contribution is 8.00. The smallest absolute Gasteiger partial charge is 0.305 e. The number of imide groups is 1. The Morgan fingerprint density at radius 3 is 2.39 bits per heavy atom. The first kappa shape index (κ1) is 28.7. The molecular formula is C33H26N4O7S2. The molecule has 0 spiro atoms. The van der Waals surface area contributed by atoms with E-state index in [-0.39, 0.29) is 63.8 Å². The molecule has 2 aliphatic heterocycles. The van der Waals surface area contributed by atoms with Gasteiger partial charge in [-0.1, -0.05) is 47.7 Å². The molecule has 3 amide bonds. The molecule has 11 nitrogen and oxygen atoms in total. The maximum atomic E-state index is 14.0. The Bertz CT molecular complexity index is 1960. The molecule has 2 bridgehead atoms. The molecule has 232 valence electrons. The molecule has 46 heavy (non-hydrogen) atoms. The Morgan fingerprint density at radius 1 is 0.957 bits per heavy atom. The molecule has 8 rings (SSSR count). The van der Waals surface area contributed by atoms with Crippen molar-refractivity contribution < 1.29 is 24.0 Å². The molecule has 2 N–H and O–H groups in total. The van der Waals surface area contributed by atoms with Gasteiger partial charge in [-0.05, 0) is 54.5 Å². The van der Waals surface area contributed by atoms with Crippen molar-refractivity contribution in [2.24, 2.45) is 29.6 Å². The van der Waals surface area contributed by atoms with Crippen LogP contribution >= 0.6 is 23.1 Å². The minimum absolute atomic E-state index is 0.0306. The number of thiazole rings is 1. The SMILES string of the molecule is O=C(COc1ccccc1[C@H]1c2sc(=O)[nH]c2SC2C1[C@H]1C[C@@H]2C2C(=O)N(c3ccc([N+](=O)[O-])cc3)C(=O)C21)Nc1ccccc1. The van der Waals surface area contributed by atoms with Crippen LogP contribution in [-0.2, 0) is 14.4 Å². The van der Waals surface area contributed by atoms with E-state index < -0.39 is 16.8 Å². The summed E-state index contributed by atoms with van der Waals surface area (Å²) in [5, 5.41) is 14.7. The number of ether oxygens (including phenoxy) is 1. The molecule has 2 saturated carbocycles. The number of nitrogens with zero attached hydrogens (tertiary/aromatic N) is 2. The van der Waals surface area contributed by atoms with Gasteiger partial charge in [0.25, 0.3) is 11.6 Å². The zero-order valence-electron chi connectivity index (χ0n) is 24.0. The van der Waals surface area contributed by atoms with Gasteiger partial charge >= 0.3 is 4.87 Å². The number of fused-ring (bicyclic) bond motifs is 9. The summed E-state index contributed by atoms with van der Waals surface area (Å²) in [4.78, 5) is 68.9. The molecule has 3 fully saturated rings. The van der Waals surface area contributed by atoms with E-state index in [1.54, 1.807) is 23.9 Å². The van der Waals surface area contributed by atoms with Crippen LogP contribution in [0.25, 0.3) is 0 Å². The molecule has 7 atom stereocenters. The van der Waals surface area contributed by atoms with E-state index in [9.17, 15) is 29.3 Å². The van der Waals surface area contributed by atoms with E-state index in [0.717, 1.165) is 26.8 Å². The molecule has 4 aromatic rings. The van der Waals surface area contributed by atoms with Gasteiger partial charge < -0.3 is 15.0 Å². The summed E-state index contributed by atoms with van der Waals surface area (Å²) in [6, 6.07) is 22.1. The quantitative estimate of drug-likeness (QED) is 0.160. The van der Waals surface area contributed by atoms with Crippen molar-refractivity contribution in [1.82, 2.24) is 4.98 Å². The van der Waals surface area contributed by atoms with Crippen LogP contribution in [0.15, 0.2) is 88.7 Å². The summed E-state index contributed by atoms with van der Waals surface area (Å²) in [7, 11) is 0. The minimum Gasteiger partial charge on any atom is -0.483 e. The summed E-state index contributed by atoms with van der Waals surface area (Å²) in [6.07, 6.45) is 0.710. The van der Waals surface area contributed by atoms with E-state index in [2.05, 4.69) is 10.3 Å². The number of thioether (sulfide) groups is 1. The number of hydrogen-bond acceptors (Lipinski definition) is 9. The number of nitrogens with one attached hydrogen (secondary N) is 2. The molecule has 4 aliphatic rings. The molecule has 1 aromatic heterocycles. The minimum atomic E-state index is -0.529. The number of nitro benzene ring substituents is 1. The number of anilines is 2. The predicted octanol–water partition coefficient (Wildman–Crippen LogP) is 5.04. The number of carbonyl (C=O) groups excluding carboxylic acids is 3. The van der Waals surface area contributed by atoms with Gasteiger partial charge in [-0.2, -0.15) is 0 Å². The third kappa shape index (κ3) is 4.48. The first-order valence-corrected chi connectivity index (χ1v) is 16.6. The number of nitro groups is 1. The highest BCUT2D eigenvalue weighted by Crippen LogP contribution is 2.69. The first-order chi connectivity index (χ1) is 22.3. The zero-order valence-corrected chi connectivity index (χ0v) is 25.7. The van der Waals surface area contributed by atoms with Crippen molar-refractivity contribution >= 4 is 57.9 Å². The number of carbonyl (C=O) groups is 3. The third-order valence-corrected chi connectivity index (χ3v) is 12.3. The summed E-state index contributed by atoms with van der Waals surface area (Å²) in [5.41, 5.74) is 1.70. The molecule has 2 aliphatic carbocycles. The van der Waals surface area contributed by atoms with Crippen LogP contribution in [0, 0.1) is 39.7 Å². The van der Waals surface area contributed by atoms with Crippen LogP contribution < -0.4 is 19.8 Å². The Hall–Kier alpha value is -4.75. The number of aromatic nitrogens is 1. The number of rotatable bonds is 7. The Labute approximate surface area is 270 Å². The van der Waals surface area contributed by atoms with Crippen molar-refractivity contribution in [3.05, 3.63) is 109 Å². The van der Waals surface area contributed by atoms with Crippen LogP contribution in [0.4, 0.5) is 17.1 Å². The molecule has 3 heterocycles. The third-order valence-electron chi connectivity index (χ3n) is 9.71. The van der Waals surface area contributed by atoms with Crippen molar-refractivity contribution in [1.29, 1.82) is 0 Å². The standard InChI is InChI=1S/C33H26N4O7S2/c38-23(34-16-6-2-1-3-7-16)15-44-22-9-5-4-8-19(22)24-25-20-14-21(28(25)45-30-29(24)46-33(41)35-30)27-26(20)31(39)36(32(27)40)17-10-12-18(13-11-17)37(42)43/h1-13,20-21,24-28H,14-15H2,(H,34,38)(H,35,41)/t20-,21-,24-,25?,26?,27?,28?/m1/s1. The lowest BCUT2D eigenvalue weighted by Crippen LogP contribution is -2.42. The zero-order chi connectivity index (χ0) is 31.7. The Morgan fingerprint density at radius 2 is 1.65 bits per heavy atom. The second-order valence-electron chi connectivity index (χ2n) is 12.0. The van der Waals surface area contributed by atoms with Crippen molar-refractivity contribution in [2.45, 2.75) is 22.6 Å². The monoisotopic (exact) mass is 654 g/mol. The highest BCUT2D eigenvalue weighted by atomic mass is 32.2. The maximum Gasteiger partial charge on any atom is 0.305 e. The Balaban J connectivity index is 1.12. The lowest BCUT2D eigenvalue weighted by Gasteiger charge is -2.43. The molecule has 4 unspecified atom stereocenters. The Kier molecular flexibility index (Phi) is 6.83. The molecule has 1 saturated heterocycles. The van der Waals surface area contributed by atoms with Gasteiger partial charge in [-0.3, -0.25) is 34.2 Å². The second-order valence-corrected chi connectivity index (χ2v) is 14.2. The average molecular weight is 655 g/mol. The van der Waals surface area contributed by atoms with E-state index >= 15 is 0 Å². The van der Waals surface area contributed by atoms with Crippen LogP contribution in [0.2, 0.25) is 0 Å². The summed E-state index contributed by atoms with van der Waals surface area (Å²) < 4.78 is 6.12. The van der Waals surface area contributed by atoms with Gasteiger partial charge in [-0.15, -0.1) is 11.8 Å². The van der Waals surface area contributed by atoms with Gasteiger partial charge in [0.05, 0.1) is 27.5 Å². The fourth-order valence-electron chi connectivity index (χ4n) is 8.07. The van der Waals surface area contributed by atoms with E-state index in [1.807, 2.05) is 42.5 Å². The van der Waals surface area contributed by atoms with Crippen LogP contribution in [-0.4, -0.2) is 39.5 Å². The van der Waals surface area contributed by atoms with E-state index in [1.165, 1.54) is 29.2 Å². The summed E-state index contributed by atoms with van der Waals surface area (Å²) in [5.74, 6) is -1.94. The summed E-state index contributed by atoms with van der Waals surface area (Å²) >= 11 is 2.73. The lowest BCUT2D eigenvalue weighted by atomic mass is 9.68. The molecule has 0 radical (unpaired) electrons.